The van der Waals surface area contributed by atoms with Crippen LogP contribution < -0.4 is 4.74 Å². The standard InChI is InChI=1S/C29H40O9/c1-4-5-6-9-22(37-18(2)30)11-12-23-24-13-20-8-7-10-26(35-17-29(34)36-16-28(32)33)25(20)14-21(24)15-27(23)38-19(3)31/h7-8,10,21-24,27H,4-6,9,11-17H2,1-3H3,(H,32,33)/t21-,22-,23+,24-,27+/m0/s1. The van der Waals surface area contributed by atoms with Gasteiger partial charge in [0.1, 0.15) is 18.0 Å². The van der Waals surface area contributed by atoms with Crippen LogP contribution in [0.15, 0.2) is 18.2 Å². The summed E-state index contributed by atoms with van der Waals surface area (Å²) in [6.45, 7) is 3.96. The molecule has 1 N–H and O–H groups in total. The first kappa shape index (κ1) is 29.5. The predicted molar refractivity (Wildman–Crippen MR) is 138 cm³/mol. The number of ether oxygens (including phenoxy) is 4. The fourth-order valence-corrected chi connectivity index (χ4v) is 6.08. The van der Waals surface area contributed by atoms with Crippen molar-refractivity contribution in [3.8, 4) is 5.75 Å². The van der Waals surface area contributed by atoms with E-state index >= 15 is 0 Å². The zero-order valence-corrected chi connectivity index (χ0v) is 22.6. The molecule has 3 rings (SSSR count). The van der Waals surface area contributed by atoms with Crippen LogP contribution in [-0.2, 0) is 46.2 Å². The third-order valence-corrected chi connectivity index (χ3v) is 7.62. The lowest BCUT2D eigenvalue weighted by Gasteiger charge is -2.33. The van der Waals surface area contributed by atoms with E-state index in [1.165, 1.54) is 13.8 Å². The first-order valence-electron chi connectivity index (χ1n) is 13.6. The number of hydrogen-bond acceptors (Lipinski definition) is 8. The van der Waals surface area contributed by atoms with Gasteiger partial charge in [-0.3, -0.25) is 9.59 Å². The maximum atomic E-state index is 11.9. The maximum Gasteiger partial charge on any atom is 0.344 e. The van der Waals surface area contributed by atoms with Crippen molar-refractivity contribution in [2.24, 2.45) is 17.8 Å². The fraction of sp³-hybridized carbons (Fsp3) is 0.655. The molecule has 0 bridgehead atoms. The van der Waals surface area contributed by atoms with Gasteiger partial charge in [-0.05, 0) is 79.9 Å². The second kappa shape index (κ2) is 14.2. The highest BCUT2D eigenvalue weighted by Crippen LogP contribution is 2.49. The van der Waals surface area contributed by atoms with Gasteiger partial charge in [-0.2, -0.15) is 0 Å². The van der Waals surface area contributed by atoms with Gasteiger partial charge >= 0.3 is 23.9 Å². The quantitative estimate of drug-likeness (QED) is 0.212. The molecule has 0 unspecified atom stereocenters. The van der Waals surface area contributed by atoms with Gasteiger partial charge in [0.25, 0.3) is 0 Å². The zero-order chi connectivity index (χ0) is 27.7. The van der Waals surface area contributed by atoms with Gasteiger partial charge in [0, 0.05) is 13.8 Å². The van der Waals surface area contributed by atoms with Crippen molar-refractivity contribution in [2.75, 3.05) is 13.2 Å². The molecule has 1 saturated carbocycles. The molecule has 2 aliphatic rings. The van der Waals surface area contributed by atoms with Crippen LogP contribution in [0.5, 0.6) is 5.75 Å². The molecular weight excluding hydrogens is 492 g/mol. The Morgan fingerprint density at radius 1 is 1.03 bits per heavy atom. The SMILES string of the molecule is CCCCC[C@@H](CC[C@@H]1[C@H]2Cc3cccc(OCC(=O)OCC(=O)O)c3C[C@H]2C[C@H]1OC(C)=O)OC(C)=O. The second-order valence-corrected chi connectivity index (χ2v) is 10.4. The Morgan fingerprint density at radius 2 is 1.82 bits per heavy atom. The molecule has 0 amide bonds. The average Bonchev–Trinajstić information content (AvgIpc) is 3.18. The number of benzene rings is 1. The Morgan fingerprint density at radius 3 is 2.50 bits per heavy atom. The molecule has 1 aromatic carbocycles. The van der Waals surface area contributed by atoms with Crippen molar-refractivity contribution >= 4 is 23.9 Å². The van der Waals surface area contributed by atoms with Crippen LogP contribution in [-0.4, -0.2) is 54.4 Å². The van der Waals surface area contributed by atoms with Gasteiger partial charge in [0.2, 0.25) is 0 Å². The second-order valence-electron chi connectivity index (χ2n) is 10.4. The smallest absolute Gasteiger partial charge is 0.344 e. The summed E-state index contributed by atoms with van der Waals surface area (Å²) in [7, 11) is 0. The molecule has 210 valence electrons. The summed E-state index contributed by atoms with van der Waals surface area (Å²) in [6.07, 6.45) is 7.56. The molecule has 0 aromatic heterocycles. The topological polar surface area (TPSA) is 125 Å². The van der Waals surface area contributed by atoms with Crippen molar-refractivity contribution in [3.63, 3.8) is 0 Å². The summed E-state index contributed by atoms with van der Waals surface area (Å²) in [5.74, 6) is -1.17. The molecule has 9 heteroatoms. The molecule has 2 aliphatic carbocycles. The van der Waals surface area contributed by atoms with E-state index in [9.17, 15) is 19.2 Å². The third kappa shape index (κ3) is 8.46. The minimum absolute atomic E-state index is 0.132. The van der Waals surface area contributed by atoms with Gasteiger partial charge in [0.15, 0.2) is 13.2 Å². The lowest BCUT2D eigenvalue weighted by Crippen LogP contribution is -2.30. The lowest BCUT2D eigenvalue weighted by atomic mass is 9.73. The summed E-state index contributed by atoms with van der Waals surface area (Å²) in [5.41, 5.74) is 2.16. The molecule has 0 radical (unpaired) electrons. The van der Waals surface area contributed by atoms with Crippen LogP contribution in [0.25, 0.3) is 0 Å². The predicted octanol–water partition coefficient (Wildman–Crippen LogP) is 4.27. The molecule has 0 aliphatic heterocycles. The Balaban J connectivity index is 1.71. The van der Waals surface area contributed by atoms with Crippen LogP contribution in [0.2, 0.25) is 0 Å². The Hall–Kier alpha value is -3.10. The number of hydrogen-bond donors (Lipinski definition) is 1. The van der Waals surface area contributed by atoms with E-state index < -0.39 is 18.5 Å². The van der Waals surface area contributed by atoms with Gasteiger partial charge < -0.3 is 24.1 Å². The van der Waals surface area contributed by atoms with Crippen molar-refractivity contribution in [2.45, 2.75) is 90.8 Å². The molecule has 0 saturated heterocycles. The van der Waals surface area contributed by atoms with E-state index in [4.69, 9.17) is 19.3 Å². The number of carboxylic acids is 1. The van der Waals surface area contributed by atoms with Crippen molar-refractivity contribution in [3.05, 3.63) is 29.3 Å². The number of carbonyl (C=O) groups excluding carboxylic acids is 3. The van der Waals surface area contributed by atoms with E-state index in [0.29, 0.717) is 11.7 Å². The fourth-order valence-electron chi connectivity index (χ4n) is 6.08. The van der Waals surface area contributed by atoms with Gasteiger partial charge in [-0.25, -0.2) is 9.59 Å². The summed E-state index contributed by atoms with van der Waals surface area (Å²) in [6, 6.07) is 5.75. The third-order valence-electron chi connectivity index (χ3n) is 7.62. The molecule has 38 heavy (non-hydrogen) atoms. The van der Waals surface area contributed by atoms with Crippen molar-refractivity contribution in [1.29, 1.82) is 0 Å². The van der Waals surface area contributed by atoms with Crippen LogP contribution in [0.1, 0.15) is 76.8 Å². The highest BCUT2D eigenvalue weighted by Gasteiger charge is 2.47. The van der Waals surface area contributed by atoms with E-state index in [1.807, 2.05) is 6.07 Å². The largest absolute Gasteiger partial charge is 0.482 e. The summed E-state index contributed by atoms with van der Waals surface area (Å²) in [4.78, 5) is 46.1. The summed E-state index contributed by atoms with van der Waals surface area (Å²) in [5, 5.41) is 8.67. The molecule has 1 aromatic rings. The minimum atomic E-state index is -1.22. The highest BCUT2D eigenvalue weighted by atomic mass is 16.6. The van der Waals surface area contributed by atoms with Gasteiger partial charge in [-0.15, -0.1) is 0 Å². The van der Waals surface area contributed by atoms with Crippen LogP contribution in [0, 0.1) is 17.8 Å². The summed E-state index contributed by atoms with van der Waals surface area (Å²) < 4.78 is 21.8. The van der Waals surface area contributed by atoms with E-state index in [1.54, 1.807) is 6.07 Å². The van der Waals surface area contributed by atoms with Gasteiger partial charge in [0.05, 0.1) is 0 Å². The minimum Gasteiger partial charge on any atom is -0.482 e. The van der Waals surface area contributed by atoms with Crippen molar-refractivity contribution < 1.29 is 43.2 Å². The molecule has 0 spiro atoms. The first-order valence-corrected chi connectivity index (χ1v) is 13.6. The van der Waals surface area contributed by atoms with Crippen LogP contribution in [0.4, 0.5) is 0 Å². The number of carboxylic acid groups (broad SMARTS) is 1. The molecule has 1 fully saturated rings. The lowest BCUT2D eigenvalue weighted by molar-refractivity contribution is -0.156. The van der Waals surface area contributed by atoms with E-state index in [2.05, 4.69) is 17.7 Å². The molecule has 0 heterocycles. The number of esters is 3. The Kier molecular flexibility index (Phi) is 11.0. The number of rotatable bonds is 14. The van der Waals surface area contributed by atoms with E-state index in [0.717, 1.165) is 68.9 Å². The first-order chi connectivity index (χ1) is 18.2. The monoisotopic (exact) mass is 532 g/mol. The Labute approximate surface area is 224 Å². The zero-order valence-electron chi connectivity index (χ0n) is 22.6. The summed E-state index contributed by atoms with van der Waals surface area (Å²) >= 11 is 0. The van der Waals surface area contributed by atoms with Crippen LogP contribution in [0.3, 0.4) is 0 Å². The normalized spacial score (nSPS) is 22.5. The average molecular weight is 533 g/mol. The van der Waals surface area contributed by atoms with Crippen molar-refractivity contribution in [1.82, 2.24) is 0 Å². The number of carbonyl (C=O) groups is 4. The highest BCUT2D eigenvalue weighted by molar-refractivity contribution is 5.76. The van der Waals surface area contributed by atoms with E-state index in [-0.39, 0.29) is 42.6 Å². The van der Waals surface area contributed by atoms with Crippen LogP contribution >= 0.6 is 0 Å². The number of aliphatic carboxylic acids is 1. The molecule has 5 atom stereocenters. The van der Waals surface area contributed by atoms with Gasteiger partial charge in [-0.1, -0.05) is 31.9 Å². The Bertz CT molecular complexity index is 988. The molecule has 9 nitrogen and oxygen atoms in total. The maximum absolute atomic E-state index is 11.9. The number of unbranched alkanes of at least 4 members (excludes halogenated alkanes) is 2. The number of fused-ring (bicyclic) bond motifs is 2. The molecular formula is C29H40O9.